The number of rotatable bonds is 7. The Labute approximate surface area is 183 Å². The van der Waals surface area contributed by atoms with Gasteiger partial charge in [-0.2, -0.15) is 4.31 Å². The van der Waals surface area contributed by atoms with Crippen LogP contribution in [0.5, 0.6) is 0 Å². The average Bonchev–Trinajstić information content (AvgIpc) is 3.20. The van der Waals surface area contributed by atoms with Gasteiger partial charge in [0.2, 0.25) is 15.9 Å². The van der Waals surface area contributed by atoms with E-state index in [1.165, 1.54) is 27.7 Å². The zero-order chi connectivity index (χ0) is 21.8. The van der Waals surface area contributed by atoms with Gasteiger partial charge >= 0.3 is 0 Å². The molecule has 1 amide bonds. The Morgan fingerprint density at radius 3 is 2.68 bits per heavy atom. The number of anilines is 1. The number of carbonyl (C=O) groups excluding carboxylic acids is 1. The third-order valence-corrected chi connectivity index (χ3v) is 7.97. The van der Waals surface area contributed by atoms with E-state index in [1.807, 2.05) is 6.07 Å². The highest BCUT2D eigenvalue weighted by molar-refractivity contribution is 7.89. The molecular weight excluding hydrogens is 417 g/mol. The number of para-hydroxylation sites is 1. The topological polar surface area (TPSA) is 69.7 Å². The van der Waals surface area contributed by atoms with Gasteiger partial charge in [0.05, 0.1) is 10.8 Å². The van der Waals surface area contributed by atoms with E-state index in [0.29, 0.717) is 25.9 Å². The van der Waals surface area contributed by atoms with E-state index >= 15 is 0 Å². The van der Waals surface area contributed by atoms with Crippen LogP contribution in [0.3, 0.4) is 0 Å². The fourth-order valence-corrected chi connectivity index (χ4v) is 5.92. The minimum absolute atomic E-state index is 0.0563. The van der Waals surface area contributed by atoms with E-state index in [0.717, 1.165) is 38.1 Å². The normalized spacial score (nSPS) is 19.3. The smallest absolute Gasteiger partial charge is 0.243 e. The number of carbonyl (C=O) groups is 1. The molecule has 1 fully saturated rings. The van der Waals surface area contributed by atoms with Crippen molar-refractivity contribution in [1.82, 2.24) is 9.62 Å². The van der Waals surface area contributed by atoms with Crippen LogP contribution < -0.4 is 10.2 Å². The van der Waals surface area contributed by atoms with Crippen molar-refractivity contribution in [3.63, 3.8) is 0 Å². The van der Waals surface area contributed by atoms with Crippen LogP contribution >= 0.6 is 0 Å². The van der Waals surface area contributed by atoms with E-state index < -0.39 is 15.8 Å². The molecule has 4 rings (SSSR count). The van der Waals surface area contributed by atoms with Gasteiger partial charge < -0.3 is 10.2 Å². The lowest BCUT2D eigenvalue weighted by atomic mass is 9.99. The van der Waals surface area contributed by atoms with E-state index in [1.54, 1.807) is 0 Å². The van der Waals surface area contributed by atoms with Crippen molar-refractivity contribution in [1.29, 1.82) is 0 Å². The molecule has 2 aromatic carbocycles. The summed E-state index contributed by atoms with van der Waals surface area (Å²) in [4.78, 5) is 15.1. The van der Waals surface area contributed by atoms with E-state index in [4.69, 9.17) is 0 Å². The molecule has 2 aliphatic heterocycles. The molecule has 0 aromatic heterocycles. The molecular formula is C23H28FN3O3S. The van der Waals surface area contributed by atoms with Crippen LogP contribution in [0.4, 0.5) is 10.1 Å². The summed E-state index contributed by atoms with van der Waals surface area (Å²) in [5.74, 6) is -0.940. The molecule has 0 saturated carbocycles. The summed E-state index contributed by atoms with van der Waals surface area (Å²) in [5, 5.41) is 2.98. The molecule has 8 heteroatoms. The first-order valence-electron chi connectivity index (χ1n) is 10.8. The molecule has 0 bridgehead atoms. The first kappa shape index (κ1) is 21.8. The van der Waals surface area contributed by atoms with Gasteiger partial charge in [0.15, 0.2) is 0 Å². The summed E-state index contributed by atoms with van der Waals surface area (Å²) in [6, 6.07) is 13.2. The maximum Gasteiger partial charge on any atom is 0.243 e. The van der Waals surface area contributed by atoms with Crippen LogP contribution in [0.1, 0.15) is 24.8 Å². The second-order valence-electron chi connectivity index (χ2n) is 8.17. The molecule has 0 spiro atoms. The van der Waals surface area contributed by atoms with Crippen LogP contribution in [0, 0.1) is 11.7 Å². The number of sulfonamides is 1. The Hall–Kier alpha value is -2.45. The van der Waals surface area contributed by atoms with E-state index in [2.05, 4.69) is 28.4 Å². The first-order valence-corrected chi connectivity index (χ1v) is 12.3. The second-order valence-corrected chi connectivity index (χ2v) is 10.1. The molecule has 2 aromatic rings. The number of piperidine rings is 1. The van der Waals surface area contributed by atoms with Crippen LogP contribution in [-0.2, 0) is 21.2 Å². The Morgan fingerprint density at radius 1 is 1.10 bits per heavy atom. The highest BCUT2D eigenvalue weighted by Crippen LogP contribution is 2.27. The zero-order valence-electron chi connectivity index (χ0n) is 17.5. The van der Waals surface area contributed by atoms with Crippen molar-refractivity contribution >= 4 is 21.6 Å². The average molecular weight is 446 g/mol. The predicted octanol–water partition coefficient (Wildman–Crippen LogP) is 2.80. The summed E-state index contributed by atoms with van der Waals surface area (Å²) >= 11 is 0. The Morgan fingerprint density at radius 2 is 1.87 bits per heavy atom. The summed E-state index contributed by atoms with van der Waals surface area (Å²) in [6.07, 6.45) is 3.19. The van der Waals surface area contributed by atoms with E-state index in [-0.39, 0.29) is 23.3 Å². The molecule has 1 N–H and O–H groups in total. The van der Waals surface area contributed by atoms with Crippen molar-refractivity contribution in [3.8, 4) is 0 Å². The number of halogens is 1. The number of benzene rings is 2. The number of nitrogens with one attached hydrogen (secondary N) is 1. The van der Waals surface area contributed by atoms with Crippen molar-refractivity contribution in [2.45, 2.75) is 30.6 Å². The third-order valence-electron chi connectivity index (χ3n) is 6.09. The fraction of sp³-hybridized carbons (Fsp3) is 0.435. The summed E-state index contributed by atoms with van der Waals surface area (Å²) in [5.41, 5.74) is 2.65. The molecule has 0 unspecified atom stereocenters. The standard InChI is InChI=1S/C23H28FN3O3S/c24-20-8-10-21(11-9-20)31(29,30)27-15-3-6-19(17-27)23(28)25-13-4-14-26-16-12-18-5-1-2-7-22(18)26/h1-2,5,7-11,19H,3-4,6,12-17H2,(H,25,28)/t19-/m1/s1. The minimum Gasteiger partial charge on any atom is -0.371 e. The Kier molecular flexibility index (Phi) is 6.57. The highest BCUT2D eigenvalue weighted by atomic mass is 32.2. The lowest BCUT2D eigenvalue weighted by Crippen LogP contribution is -2.45. The van der Waals surface area contributed by atoms with Gasteiger partial charge in [0, 0.05) is 38.4 Å². The molecule has 2 heterocycles. The molecule has 1 atom stereocenters. The summed E-state index contributed by atoms with van der Waals surface area (Å²) in [6.45, 7) is 2.99. The quantitative estimate of drug-likeness (QED) is 0.666. The maximum atomic E-state index is 13.1. The van der Waals surface area contributed by atoms with Gasteiger partial charge in [-0.25, -0.2) is 12.8 Å². The predicted molar refractivity (Wildman–Crippen MR) is 118 cm³/mol. The summed E-state index contributed by atoms with van der Waals surface area (Å²) in [7, 11) is -3.73. The number of nitrogens with zero attached hydrogens (tertiary/aromatic N) is 2. The van der Waals surface area contributed by atoms with E-state index in [9.17, 15) is 17.6 Å². The molecule has 2 aliphatic rings. The van der Waals surface area contributed by atoms with Crippen LogP contribution in [-0.4, -0.2) is 51.4 Å². The van der Waals surface area contributed by atoms with Gasteiger partial charge in [-0.1, -0.05) is 18.2 Å². The molecule has 0 radical (unpaired) electrons. The van der Waals surface area contributed by atoms with Crippen molar-refractivity contribution in [2.24, 2.45) is 5.92 Å². The van der Waals surface area contributed by atoms with Crippen molar-refractivity contribution in [3.05, 3.63) is 59.9 Å². The molecule has 166 valence electrons. The highest BCUT2D eigenvalue weighted by Gasteiger charge is 2.33. The largest absolute Gasteiger partial charge is 0.371 e. The number of hydrogen-bond acceptors (Lipinski definition) is 4. The molecule has 1 saturated heterocycles. The van der Waals surface area contributed by atoms with Crippen LogP contribution in [0.2, 0.25) is 0 Å². The van der Waals surface area contributed by atoms with Gasteiger partial charge in [-0.15, -0.1) is 0 Å². The van der Waals surface area contributed by atoms with Crippen molar-refractivity contribution < 1.29 is 17.6 Å². The second kappa shape index (κ2) is 9.36. The van der Waals surface area contributed by atoms with Gasteiger partial charge in [0.1, 0.15) is 5.82 Å². The van der Waals surface area contributed by atoms with Gasteiger partial charge in [0.25, 0.3) is 0 Å². The monoisotopic (exact) mass is 445 g/mol. The Balaban J connectivity index is 1.27. The number of fused-ring (bicyclic) bond motifs is 1. The fourth-order valence-electron chi connectivity index (χ4n) is 4.40. The van der Waals surface area contributed by atoms with Gasteiger partial charge in [-0.05, 0) is 61.6 Å². The number of hydrogen-bond donors (Lipinski definition) is 1. The maximum absolute atomic E-state index is 13.1. The third kappa shape index (κ3) is 4.91. The summed E-state index contributed by atoms with van der Waals surface area (Å²) < 4.78 is 40.2. The molecule has 6 nitrogen and oxygen atoms in total. The van der Waals surface area contributed by atoms with Gasteiger partial charge in [-0.3, -0.25) is 4.79 Å². The SMILES string of the molecule is O=C(NCCCN1CCc2ccccc21)[C@@H]1CCCN(S(=O)(=O)c2ccc(F)cc2)C1. The molecule has 0 aliphatic carbocycles. The lowest BCUT2D eigenvalue weighted by Gasteiger charge is -2.31. The Bertz CT molecular complexity index is 1030. The zero-order valence-corrected chi connectivity index (χ0v) is 18.3. The van der Waals surface area contributed by atoms with Crippen molar-refractivity contribution in [2.75, 3.05) is 37.6 Å². The molecule has 31 heavy (non-hydrogen) atoms. The lowest BCUT2D eigenvalue weighted by molar-refractivity contribution is -0.126. The first-order chi connectivity index (χ1) is 14.9. The van der Waals surface area contributed by atoms with Crippen LogP contribution in [0.15, 0.2) is 53.4 Å². The minimum atomic E-state index is -3.73. The van der Waals surface area contributed by atoms with Crippen LogP contribution in [0.25, 0.3) is 0 Å². The number of amides is 1.